The van der Waals surface area contributed by atoms with E-state index in [1.807, 2.05) is 24.3 Å². The molecule has 0 radical (unpaired) electrons. The molecule has 0 aliphatic carbocycles. The van der Waals surface area contributed by atoms with E-state index in [1.54, 1.807) is 6.08 Å². The van der Waals surface area contributed by atoms with Crippen LogP contribution in [-0.4, -0.2) is 61.4 Å². The summed E-state index contributed by atoms with van der Waals surface area (Å²) in [6.45, 7) is 17.7. The number of rotatable bonds is 9. The molecule has 1 heterocycles. The monoisotopic (exact) mass is 449 g/mol. The molecule has 0 bridgehead atoms. The van der Waals surface area contributed by atoms with E-state index < -0.39 is 26.6 Å². The van der Waals surface area contributed by atoms with Crippen molar-refractivity contribution in [2.45, 2.75) is 76.3 Å². The van der Waals surface area contributed by atoms with E-state index in [1.165, 1.54) is 4.90 Å². The lowest BCUT2D eigenvalue weighted by atomic mass is 9.85. The second-order valence-electron chi connectivity index (χ2n) is 9.42. The highest BCUT2D eigenvalue weighted by Gasteiger charge is 2.50. The topological polar surface area (TPSA) is 79.2 Å². The molecule has 1 aliphatic heterocycles. The number of β-amino-alcohol motifs (C(OH)–C–C–N with tert-alkyl or cyclic N) is 1. The molecule has 7 heteroatoms. The predicted molar refractivity (Wildman–Crippen MR) is 126 cm³/mol. The summed E-state index contributed by atoms with van der Waals surface area (Å²) in [5.74, 6) is 0.432. The maximum Gasteiger partial charge on any atom is 0.407 e. The SMILES string of the molecule is C=CCOc1ccc([C@@H]2[C@@H](O)CN(C(=O)O)C[C@H]2O[Si](C(C)C)(C(C)C)C(C)C)cc1. The molecule has 2 N–H and O–H groups in total. The van der Waals surface area contributed by atoms with Gasteiger partial charge in [-0.2, -0.15) is 0 Å². The Hall–Kier alpha value is -1.83. The van der Waals surface area contributed by atoms with Crippen LogP contribution in [-0.2, 0) is 4.43 Å². The quantitative estimate of drug-likeness (QED) is 0.398. The molecule has 31 heavy (non-hydrogen) atoms. The number of carboxylic acid groups (broad SMARTS) is 1. The van der Waals surface area contributed by atoms with Crippen LogP contribution < -0.4 is 4.74 Å². The van der Waals surface area contributed by atoms with Gasteiger partial charge < -0.3 is 24.3 Å². The van der Waals surface area contributed by atoms with Crippen molar-refractivity contribution in [1.29, 1.82) is 0 Å². The van der Waals surface area contributed by atoms with Crippen LogP contribution >= 0.6 is 0 Å². The number of likely N-dealkylation sites (tertiary alicyclic amines) is 1. The fraction of sp³-hybridized carbons (Fsp3) is 0.625. The number of benzene rings is 1. The Kier molecular flexibility index (Phi) is 8.74. The molecule has 2 rings (SSSR count). The molecular weight excluding hydrogens is 410 g/mol. The van der Waals surface area contributed by atoms with Gasteiger partial charge in [0, 0.05) is 12.5 Å². The van der Waals surface area contributed by atoms with Crippen LogP contribution in [0.4, 0.5) is 4.79 Å². The van der Waals surface area contributed by atoms with Gasteiger partial charge >= 0.3 is 6.09 Å². The second-order valence-corrected chi connectivity index (χ2v) is 14.8. The highest BCUT2D eigenvalue weighted by atomic mass is 28.4. The van der Waals surface area contributed by atoms with E-state index in [9.17, 15) is 15.0 Å². The lowest BCUT2D eigenvalue weighted by Gasteiger charge is -2.49. The van der Waals surface area contributed by atoms with Crippen LogP contribution in [0.15, 0.2) is 36.9 Å². The predicted octanol–water partition coefficient (Wildman–Crippen LogP) is 5.25. The number of nitrogens with zero attached hydrogens (tertiary/aromatic N) is 1. The van der Waals surface area contributed by atoms with E-state index in [4.69, 9.17) is 9.16 Å². The van der Waals surface area contributed by atoms with E-state index >= 15 is 0 Å². The number of aliphatic hydroxyl groups is 1. The summed E-state index contributed by atoms with van der Waals surface area (Å²) in [7, 11) is -2.28. The third-order valence-corrected chi connectivity index (χ3v) is 12.7. The number of hydrogen-bond donors (Lipinski definition) is 2. The van der Waals surface area contributed by atoms with Gasteiger partial charge in [-0.15, -0.1) is 0 Å². The Bertz CT molecular complexity index is 712. The molecule has 1 aliphatic rings. The van der Waals surface area contributed by atoms with Crippen LogP contribution in [0.25, 0.3) is 0 Å². The largest absolute Gasteiger partial charge is 0.490 e. The molecule has 174 valence electrons. The van der Waals surface area contributed by atoms with Crippen LogP contribution in [0, 0.1) is 0 Å². The van der Waals surface area contributed by atoms with Crippen LogP contribution in [0.5, 0.6) is 5.75 Å². The smallest absolute Gasteiger partial charge is 0.407 e. The molecule has 6 nitrogen and oxygen atoms in total. The van der Waals surface area contributed by atoms with E-state index in [0.29, 0.717) is 23.2 Å². The van der Waals surface area contributed by atoms with Gasteiger partial charge in [-0.25, -0.2) is 4.79 Å². The lowest BCUT2D eigenvalue weighted by molar-refractivity contribution is -0.0190. The van der Waals surface area contributed by atoms with Crippen molar-refractivity contribution in [3.05, 3.63) is 42.5 Å². The summed E-state index contributed by atoms with van der Waals surface area (Å²) in [6, 6.07) is 7.65. The number of ether oxygens (including phenoxy) is 1. The van der Waals surface area contributed by atoms with Gasteiger partial charge in [-0.05, 0) is 34.3 Å². The molecule has 1 aromatic rings. The van der Waals surface area contributed by atoms with Crippen molar-refractivity contribution in [3.63, 3.8) is 0 Å². The van der Waals surface area contributed by atoms with Crippen molar-refractivity contribution in [2.24, 2.45) is 0 Å². The highest BCUT2D eigenvalue weighted by molar-refractivity contribution is 6.77. The van der Waals surface area contributed by atoms with Gasteiger partial charge in [0.1, 0.15) is 12.4 Å². The third kappa shape index (κ3) is 5.51. The summed E-state index contributed by atoms with van der Waals surface area (Å²) >= 11 is 0. The number of amides is 1. The zero-order chi connectivity index (χ0) is 23.3. The number of hydrogen-bond acceptors (Lipinski definition) is 4. The Morgan fingerprint density at radius 2 is 1.68 bits per heavy atom. The van der Waals surface area contributed by atoms with Crippen molar-refractivity contribution < 1.29 is 24.2 Å². The minimum atomic E-state index is -2.28. The summed E-state index contributed by atoms with van der Waals surface area (Å²) < 4.78 is 12.6. The third-order valence-electron chi connectivity index (χ3n) is 6.59. The highest BCUT2D eigenvalue weighted by Crippen LogP contribution is 2.45. The molecule has 1 fully saturated rings. The van der Waals surface area contributed by atoms with Gasteiger partial charge in [0.2, 0.25) is 8.32 Å². The molecule has 3 atom stereocenters. The average molecular weight is 450 g/mol. The standard InChI is InChI=1S/C24H39NO5Si/c1-8-13-29-20-11-9-19(10-12-20)23-21(26)14-25(24(27)28)15-22(23)30-31(16(2)3,17(4)5)18(6)7/h8-12,16-18,21-23,26H,1,13-15H2,2-7H3,(H,27,28)/t21-,22+,23+/m0/s1. The summed E-state index contributed by atoms with van der Waals surface area (Å²) in [6.07, 6.45) is -0.575. The van der Waals surface area contributed by atoms with Gasteiger partial charge in [0.05, 0.1) is 18.8 Å². The normalized spacial score (nSPS) is 22.3. The van der Waals surface area contributed by atoms with Gasteiger partial charge in [0.25, 0.3) is 0 Å². The Balaban J connectivity index is 2.44. The molecular formula is C24H39NO5Si. The van der Waals surface area contributed by atoms with Gasteiger partial charge in [-0.1, -0.05) is 66.3 Å². The summed E-state index contributed by atoms with van der Waals surface area (Å²) in [4.78, 5) is 13.0. The maximum atomic E-state index is 11.7. The van der Waals surface area contributed by atoms with Crippen molar-refractivity contribution in [3.8, 4) is 5.75 Å². The molecule has 0 unspecified atom stereocenters. The van der Waals surface area contributed by atoms with Crippen molar-refractivity contribution in [1.82, 2.24) is 4.90 Å². The van der Waals surface area contributed by atoms with Crippen LogP contribution in [0.2, 0.25) is 16.6 Å². The second kappa shape index (κ2) is 10.7. The zero-order valence-electron chi connectivity index (χ0n) is 19.7. The first-order chi connectivity index (χ1) is 14.5. The van der Waals surface area contributed by atoms with Gasteiger partial charge in [0.15, 0.2) is 0 Å². The molecule has 0 aromatic heterocycles. The summed E-state index contributed by atoms with van der Waals surface area (Å²) in [5.41, 5.74) is 2.02. The average Bonchev–Trinajstić information content (AvgIpc) is 2.69. The number of piperidine rings is 1. The number of aliphatic hydroxyl groups excluding tert-OH is 1. The first-order valence-electron chi connectivity index (χ1n) is 11.2. The molecule has 1 saturated heterocycles. The molecule has 1 aromatic carbocycles. The van der Waals surface area contributed by atoms with Crippen LogP contribution in [0.1, 0.15) is 53.0 Å². The lowest BCUT2D eigenvalue weighted by Crippen LogP contribution is -2.59. The van der Waals surface area contributed by atoms with Gasteiger partial charge in [-0.3, -0.25) is 0 Å². The van der Waals surface area contributed by atoms with Crippen LogP contribution in [0.3, 0.4) is 0 Å². The molecule has 0 saturated carbocycles. The van der Waals surface area contributed by atoms with E-state index in [0.717, 1.165) is 11.3 Å². The minimum Gasteiger partial charge on any atom is -0.490 e. The molecule has 1 amide bonds. The summed E-state index contributed by atoms with van der Waals surface area (Å²) in [5, 5.41) is 20.6. The Labute approximate surface area is 188 Å². The number of carbonyl (C=O) groups is 1. The Morgan fingerprint density at radius 1 is 1.13 bits per heavy atom. The van der Waals surface area contributed by atoms with E-state index in [2.05, 4.69) is 48.1 Å². The minimum absolute atomic E-state index is 0.0775. The molecule has 0 spiro atoms. The fourth-order valence-corrected chi connectivity index (χ4v) is 10.9. The van der Waals surface area contributed by atoms with Crippen molar-refractivity contribution >= 4 is 14.4 Å². The first-order valence-corrected chi connectivity index (χ1v) is 13.4. The zero-order valence-corrected chi connectivity index (χ0v) is 20.7. The van der Waals surface area contributed by atoms with E-state index in [-0.39, 0.29) is 19.0 Å². The van der Waals surface area contributed by atoms with Crippen molar-refractivity contribution in [2.75, 3.05) is 19.7 Å². The first kappa shape index (κ1) is 25.4. The maximum absolute atomic E-state index is 11.7. The fourth-order valence-electron chi connectivity index (χ4n) is 5.31. The Morgan fingerprint density at radius 3 is 2.13 bits per heavy atom.